The first-order chi connectivity index (χ1) is 14.6. The van der Waals surface area contributed by atoms with Gasteiger partial charge in [-0.25, -0.2) is 4.79 Å². The van der Waals surface area contributed by atoms with Crippen LogP contribution < -0.4 is 0 Å². The smallest absolute Gasteiger partial charge is 0.333 e. The van der Waals surface area contributed by atoms with Crippen molar-refractivity contribution in [3.05, 3.63) is 82.4 Å². The zero-order valence-electron chi connectivity index (χ0n) is 17.9. The molecule has 156 valence electrons. The summed E-state index contributed by atoms with van der Waals surface area (Å²) in [7, 11) is 0. The summed E-state index contributed by atoms with van der Waals surface area (Å²) in [5, 5.41) is 0. The minimum Gasteiger partial charge on any atom is -0.463 e. The van der Waals surface area contributed by atoms with Gasteiger partial charge in [0.25, 0.3) is 0 Å². The first-order valence-electron chi connectivity index (χ1n) is 11.1. The number of carbonyl (C=O) groups is 1. The van der Waals surface area contributed by atoms with E-state index < -0.39 is 0 Å². The summed E-state index contributed by atoms with van der Waals surface area (Å²) in [6.07, 6.45) is 3.64. The molecule has 0 spiro atoms. The second kappa shape index (κ2) is 7.68. The van der Waals surface area contributed by atoms with Crippen LogP contribution in [0, 0.1) is 0 Å². The van der Waals surface area contributed by atoms with Gasteiger partial charge < -0.3 is 9.47 Å². The highest BCUT2D eigenvalue weighted by Crippen LogP contribution is 2.53. The van der Waals surface area contributed by atoms with Crippen molar-refractivity contribution in [3.8, 4) is 0 Å². The maximum Gasteiger partial charge on any atom is 0.333 e. The van der Waals surface area contributed by atoms with Crippen molar-refractivity contribution in [2.45, 2.75) is 63.9 Å². The van der Waals surface area contributed by atoms with Crippen LogP contribution in [0.15, 0.2) is 60.2 Å². The van der Waals surface area contributed by atoms with Crippen LogP contribution in [-0.4, -0.2) is 29.8 Å². The fraction of sp³-hybridized carbons (Fsp3) is 0.423. The van der Waals surface area contributed by atoms with Crippen LogP contribution in [-0.2, 0) is 20.7 Å². The van der Waals surface area contributed by atoms with Gasteiger partial charge in [-0.1, -0.05) is 68.5 Å². The van der Waals surface area contributed by atoms with E-state index in [1.807, 2.05) is 13.0 Å². The number of fused-ring (bicyclic) bond motifs is 5. The molecule has 0 aromatic heterocycles. The van der Waals surface area contributed by atoms with Crippen LogP contribution in [0.5, 0.6) is 0 Å². The quantitative estimate of drug-likeness (QED) is 0.668. The third kappa shape index (κ3) is 3.10. The molecular weight excluding hydrogens is 374 g/mol. The average Bonchev–Trinajstić information content (AvgIpc) is 3.28. The first-order valence-corrected chi connectivity index (χ1v) is 11.1. The van der Waals surface area contributed by atoms with Gasteiger partial charge in [0.2, 0.25) is 0 Å². The Bertz CT molecular complexity index is 981. The zero-order chi connectivity index (χ0) is 20.8. The van der Waals surface area contributed by atoms with Gasteiger partial charge in [0.1, 0.15) is 6.23 Å². The van der Waals surface area contributed by atoms with Gasteiger partial charge in [-0.05, 0) is 35.1 Å². The molecule has 2 unspecified atom stereocenters. The van der Waals surface area contributed by atoms with Crippen LogP contribution in [0.4, 0.5) is 0 Å². The van der Waals surface area contributed by atoms with Crippen molar-refractivity contribution in [1.82, 2.24) is 4.90 Å². The van der Waals surface area contributed by atoms with Crippen molar-refractivity contribution in [2.24, 2.45) is 0 Å². The number of hydrogen-bond acceptors (Lipinski definition) is 4. The summed E-state index contributed by atoms with van der Waals surface area (Å²) < 4.78 is 11.9. The Hall–Kier alpha value is -2.43. The summed E-state index contributed by atoms with van der Waals surface area (Å²) >= 11 is 0. The minimum absolute atomic E-state index is 0.00877. The maximum absolute atomic E-state index is 12.6. The van der Waals surface area contributed by atoms with E-state index in [0.29, 0.717) is 18.9 Å². The van der Waals surface area contributed by atoms with Gasteiger partial charge >= 0.3 is 5.97 Å². The van der Waals surface area contributed by atoms with Gasteiger partial charge in [-0.2, -0.15) is 0 Å². The van der Waals surface area contributed by atoms with Crippen molar-refractivity contribution in [2.75, 3.05) is 6.61 Å². The fourth-order valence-electron chi connectivity index (χ4n) is 5.44. The van der Waals surface area contributed by atoms with Crippen LogP contribution in [0.3, 0.4) is 0 Å². The molecule has 30 heavy (non-hydrogen) atoms. The Kier molecular flexibility index (Phi) is 5.00. The third-order valence-corrected chi connectivity index (χ3v) is 6.66. The number of nitrogens with zero attached hydrogens (tertiary/aromatic N) is 1. The number of carbonyl (C=O) groups excluding carboxylic acids is 1. The second-order valence-electron chi connectivity index (χ2n) is 8.77. The molecule has 1 fully saturated rings. The average molecular weight is 404 g/mol. The standard InChI is InChI=1S/C26H29NO3/c1-4-29-26(28)19-13-21(17-9-6-5-7-10-17)27-23(15-19)30-22-14-18-11-8-12-20(16(2)3)24(18)25(22)27/h5-13,16,21-23,25H,4,14-15H2,1-3H3/t21?,22-,23?,25-/m1/s1. The van der Waals surface area contributed by atoms with Crippen LogP contribution in [0.2, 0.25) is 0 Å². The van der Waals surface area contributed by atoms with Gasteiger partial charge in [0.15, 0.2) is 0 Å². The normalized spacial score (nSPS) is 27.4. The van der Waals surface area contributed by atoms with Gasteiger partial charge in [0.05, 0.1) is 24.8 Å². The summed E-state index contributed by atoms with van der Waals surface area (Å²) in [4.78, 5) is 15.1. The lowest BCUT2D eigenvalue weighted by Gasteiger charge is -2.39. The molecule has 1 aliphatic carbocycles. The molecule has 0 bridgehead atoms. The second-order valence-corrected chi connectivity index (χ2v) is 8.77. The van der Waals surface area contributed by atoms with Crippen LogP contribution in [0.1, 0.15) is 67.4 Å². The molecule has 2 aromatic rings. The van der Waals surface area contributed by atoms with E-state index in [9.17, 15) is 4.79 Å². The molecule has 5 rings (SSSR count). The molecule has 4 heteroatoms. The zero-order valence-corrected chi connectivity index (χ0v) is 17.9. The third-order valence-electron chi connectivity index (χ3n) is 6.66. The molecule has 2 aliphatic heterocycles. The van der Waals surface area contributed by atoms with Gasteiger partial charge in [-0.3, -0.25) is 4.90 Å². The Morgan fingerprint density at radius 3 is 2.67 bits per heavy atom. The van der Waals surface area contributed by atoms with Crippen molar-refractivity contribution in [1.29, 1.82) is 0 Å². The summed E-state index contributed by atoms with van der Waals surface area (Å²) in [6, 6.07) is 17.3. The number of hydrogen-bond donors (Lipinski definition) is 0. The van der Waals surface area contributed by atoms with Gasteiger partial charge in [0, 0.05) is 18.4 Å². The van der Waals surface area contributed by atoms with Crippen LogP contribution in [0.25, 0.3) is 0 Å². The molecule has 4 nitrogen and oxygen atoms in total. The molecular formula is C26H29NO3. The van der Waals surface area contributed by atoms with E-state index in [1.54, 1.807) is 0 Å². The molecule has 4 atom stereocenters. The topological polar surface area (TPSA) is 38.8 Å². The summed E-state index contributed by atoms with van der Waals surface area (Å²) in [6.45, 7) is 6.76. The number of benzene rings is 2. The molecule has 2 aromatic carbocycles. The Morgan fingerprint density at radius 1 is 1.13 bits per heavy atom. The Labute approximate surface area is 178 Å². The highest BCUT2D eigenvalue weighted by Gasteiger charge is 2.52. The van der Waals surface area contributed by atoms with Crippen molar-refractivity contribution >= 4 is 5.97 Å². The van der Waals surface area contributed by atoms with Gasteiger partial charge in [-0.15, -0.1) is 0 Å². The fourth-order valence-corrected chi connectivity index (χ4v) is 5.44. The maximum atomic E-state index is 12.6. The molecule has 0 N–H and O–H groups in total. The monoisotopic (exact) mass is 403 g/mol. The molecule has 0 saturated carbocycles. The number of ether oxygens (including phenoxy) is 2. The Balaban J connectivity index is 1.61. The van der Waals surface area contributed by atoms with E-state index in [4.69, 9.17) is 9.47 Å². The molecule has 1 saturated heterocycles. The lowest BCUT2D eigenvalue weighted by atomic mass is 9.89. The predicted octanol–water partition coefficient (Wildman–Crippen LogP) is 5.07. The van der Waals surface area contributed by atoms with E-state index in [-0.39, 0.29) is 30.4 Å². The predicted molar refractivity (Wildman–Crippen MR) is 116 cm³/mol. The highest BCUT2D eigenvalue weighted by molar-refractivity contribution is 5.89. The number of rotatable bonds is 4. The van der Waals surface area contributed by atoms with E-state index in [2.05, 4.69) is 67.3 Å². The highest BCUT2D eigenvalue weighted by atomic mass is 16.5. The molecule has 3 aliphatic rings. The summed E-state index contributed by atoms with van der Waals surface area (Å²) in [5.74, 6) is 0.241. The summed E-state index contributed by atoms with van der Waals surface area (Å²) in [5.41, 5.74) is 6.17. The number of esters is 1. The van der Waals surface area contributed by atoms with Crippen LogP contribution >= 0.6 is 0 Å². The SMILES string of the molecule is CCOC(=O)C1=CC(c2ccccc2)N2C(C1)O[C@@H]1Cc3cccc(C(C)C)c3[C@@H]12. The lowest BCUT2D eigenvalue weighted by molar-refractivity contribution is -0.139. The molecule has 0 radical (unpaired) electrons. The van der Waals surface area contributed by atoms with E-state index >= 15 is 0 Å². The van der Waals surface area contributed by atoms with E-state index in [1.165, 1.54) is 22.3 Å². The largest absolute Gasteiger partial charge is 0.463 e. The molecule has 2 heterocycles. The van der Waals surface area contributed by atoms with Crippen molar-refractivity contribution in [3.63, 3.8) is 0 Å². The minimum atomic E-state index is -0.220. The van der Waals surface area contributed by atoms with E-state index in [0.717, 1.165) is 12.0 Å². The van der Waals surface area contributed by atoms with Crippen molar-refractivity contribution < 1.29 is 14.3 Å². The lowest BCUT2D eigenvalue weighted by Crippen LogP contribution is -2.40. The Morgan fingerprint density at radius 2 is 1.93 bits per heavy atom. The molecule has 0 amide bonds. The first kappa shape index (κ1) is 19.5.